The average molecular weight is 363 g/mol. The molecule has 1 amide bonds. The molecule has 0 saturated carbocycles. The molecule has 1 aliphatic heterocycles. The Kier molecular flexibility index (Phi) is 4.11. The smallest absolute Gasteiger partial charge is 0.226 e. The molecule has 2 aromatic carbocycles. The summed E-state index contributed by atoms with van der Waals surface area (Å²) in [5.74, 6) is 0.896. The maximum absolute atomic E-state index is 12.4. The number of aromatic hydroxyl groups is 1. The standard InChI is InChI=1S/C21H21N3O3/c1-12-4-6-17(13(2)8-12)24-21-16(11-22-24)15(10-20(26)23-21)14-5-7-19(27-3)18(25)9-14/h4-9,11,15,25H,10H2,1-3H3,(H,23,26). The molecule has 6 heteroatoms. The second kappa shape index (κ2) is 6.46. The predicted molar refractivity (Wildman–Crippen MR) is 103 cm³/mol. The first-order chi connectivity index (χ1) is 13.0. The Balaban J connectivity index is 1.81. The van der Waals surface area contributed by atoms with Crippen LogP contribution in [0.15, 0.2) is 42.6 Å². The summed E-state index contributed by atoms with van der Waals surface area (Å²) in [4.78, 5) is 12.4. The van der Waals surface area contributed by atoms with E-state index in [1.165, 1.54) is 12.7 Å². The predicted octanol–water partition coefficient (Wildman–Crippen LogP) is 3.68. The van der Waals surface area contributed by atoms with E-state index in [9.17, 15) is 9.90 Å². The van der Waals surface area contributed by atoms with Gasteiger partial charge in [0.1, 0.15) is 5.82 Å². The van der Waals surface area contributed by atoms with Gasteiger partial charge < -0.3 is 15.2 Å². The molecule has 0 fully saturated rings. The second-order valence-electron chi connectivity index (χ2n) is 6.89. The summed E-state index contributed by atoms with van der Waals surface area (Å²) < 4.78 is 6.89. The third-order valence-electron chi connectivity index (χ3n) is 5.01. The Bertz CT molecular complexity index is 1040. The van der Waals surface area contributed by atoms with Crippen LogP contribution in [-0.4, -0.2) is 27.9 Å². The van der Waals surface area contributed by atoms with E-state index in [-0.39, 0.29) is 17.6 Å². The van der Waals surface area contributed by atoms with Crippen molar-refractivity contribution in [3.63, 3.8) is 0 Å². The number of hydrogen-bond donors (Lipinski definition) is 2. The Morgan fingerprint density at radius 2 is 2.04 bits per heavy atom. The van der Waals surface area contributed by atoms with Gasteiger partial charge in [-0.05, 0) is 43.2 Å². The molecule has 1 atom stereocenters. The lowest BCUT2D eigenvalue weighted by Gasteiger charge is -2.24. The van der Waals surface area contributed by atoms with E-state index in [1.807, 2.05) is 32.0 Å². The highest BCUT2D eigenvalue weighted by Crippen LogP contribution is 2.40. The fraction of sp³-hybridized carbons (Fsp3) is 0.238. The van der Waals surface area contributed by atoms with E-state index in [1.54, 1.807) is 23.0 Å². The zero-order valence-electron chi connectivity index (χ0n) is 15.5. The molecule has 1 aromatic heterocycles. The number of phenolic OH excluding ortho intramolecular Hbond substituents is 1. The number of fused-ring (bicyclic) bond motifs is 1. The van der Waals surface area contributed by atoms with Gasteiger partial charge in [-0.25, -0.2) is 4.68 Å². The lowest BCUT2D eigenvalue weighted by molar-refractivity contribution is -0.116. The van der Waals surface area contributed by atoms with E-state index >= 15 is 0 Å². The molecule has 4 rings (SSSR count). The molecular formula is C21H21N3O3. The van der Waals surface area contributed by atoms with Crippen LogP contribution in [-0.2, 0) is 4.79 Å². The monoisotopic (exact) mass is 363 g/mol. The highest BCUT2D eigenvalue weighted by Gasteiger charge is 2.31. The first-order valence-electron chi connectivity index (χ1n) is 8.80. The van der Waals surface area contributed by atoms with Crippen LogP contribution in [0.5, 0.6) is 11.5 Å². The molecule has 0 saturated heterocycles. The molecule has 1 aliphatic rings. The number of aryl methyl sites for hydroxylation is 2. The first-order valence-corrected chi connectivity index (χ1v) is 8.80. The molecule has 0 aliphatic carbocycles. The maximum atomic E-state index is 12.4. The fourth-order valence-electron chi connectivity index (χ4n) is 3.67. The van der Waals surface area contributed by atoms with Crippen LogP contribution in [0.3, 0.4) is 0 Å². The summed E-state index contributed by atoms with van der Waals surface area (Å²) in [6.07, 6.45) is 2.09. The summed E-state index contributed by atoms with van der Waals surface area (Å²) in [7, 11) is 1.51. The summed E-state index contributed by atoms with van der Waals surface area (Å²) in [6.45, 7) is 4.07. The normalized spacial score (nSPS) is 16.0. The Labute approximate surface area is 157 Å². The third-order valence-corrected chi connectivity index (χ3v) is 5.01. The second-order valence-corrected chi connectivity index (χ2v) is 6.89. The van der Waals surface area contributed by atoms with E-state index in [2.05, 4.69) is 16.5 Å². The molecule has 0 bridgehead atoms. The quantitative estimate of drug-likeness (QED) is 0.744. The number of aromatic nitrogens is 2. The SMILES string of the molecule is COc1ccc(C2CC(=O)Nc3c2cnn3-c2ccc(C)cc2C)cc1O. The zero-order valence-corrected chi connectivity index (χ0v) is 15.5. The van der Waals surface area contributed by atoms with Gasteiger partial charge in [-0.3, -0.25) is 4.79 Å². The maximum Gasteiger partial charge on any atom is 0.226 e. The van der Waals surface area contributed by atoms with Crippen molar-refractivity contribution in [2.24, 2.45) is 0 Å². The molecule has 27 heavy (non-hydrogen) atoms. The number of nitrogens with zero attached hydrogens (tertiary/aromatic N) is 2. The number of phenols is 1. The van der Waals surface area contributed by atoms with Crippen LogP contribution in [0, 0.1) is 13.8 Å². The molecule has 1 unspecified atom stereocenters. The Morgan fingerprint density at radius 1 is 1.22 bits per heavy atom. The van der Waals surface area contributed by atoms with Crippen LogP contribution in [0.4, 0.5) is 5.82 Å². The van der Waals surface area contributed by atoms with E-state index in [0.29, 0.717) is 18.0 Å². The van der Waals surface area contributed by atoms with Crippen molar-refractivity contribution in [1.82, 2.24) is 9.78 Å². The van der Waals surface area contributed by atoms with Gasteiger partial charge in [0.05, 0.1) is 19.0 Å². The van der Waals surface area contributed by atoms with Crippen LogP contribution in [0.25, 0.3) is 5.69 Å². The summed E-state index contributed by atoms with van der Waals surface area (Å²) in [5.41, 5.74) is 4.97. The third kappa shape index (κ3) is 2.93. The largest absolute Gasteiger partial charge is 0.504 e. The van der Waals surface area contributed by atoms with Crippen LogP contribution in [0.2, 0.25) is 0 Å². The fourth-order valence-corrected chi connectivity index (χ4v) is 3.67. The molecule has 2 heterocycles. The van der Waals surface area contributed by atoms with Crippen molar-refractivity contribution < 1.29 is 14.6 Å². The highest BCUT2D eigenvalue weighted by atomic mass is 16.5. The number of benzene rings is 2. The van der Waals surface area contributed by atoms with Gasteiger partial charge in [-0.2, -0.15) is 5.10 Å². The Morgan fingerprint density at radius 3 is 2.74 bits per heavy atom. The number of methoxy groups -OCH3 is 1. The zero-order chi connectivity index (χ0) is 19.1. The number of hydrogen-bond acceptors (Lipinski definition) is 4. The minimum Gasteiger partial charge on any atom is -0.504 e. The van der Waals surface area contributed by atoms with Gasteiger partial charge in [0, 0.05) is 17.9 Å². The molecular weight excluding hydrogens is 342 g/mol. The average Bonchev–Trinajstić information content (AvgIpc) is 3.04. The highest BCUT2D eigenvalue weighted by molar-refractivity contribution is 5.94. The number of carbonyl (C=O) groups excluding carboxylic acids is 1. The topological polar surface area (TPSA) is 76.4 Å². The van der Waals surface area contributed by atoms with E-state index < -0.39 is 0 Å². The van der Waals surface area contributed by atoms with Crippen molar-refractivity contribution >= 4 is 11.7 Å². The van der Waals surface area contributed by atoms with E-state index in [0.717, 1.165) is 22.4 Å². The lowest BCUT2D eigenvalue weighted by Crippen LogP contribution is -2.24. The molecule has 2 N–H and O–H groups in total. The van der Waals surface area contributed by atoms with Gasteiger partial charge in [0.15, 0.2) is 11.5 Å². The lowest BCUT2D eigenvalue weighted by atomic mass is 9.87. The first kappa shape index (κ1) is 17.1. The van der Waals surface area contributed by atoms with Crippen LogP contribution in [0.1, 0.15) is 34.6 Å². The number of carbonyl (C=O) groups is 1. The minimum atomic E-state index is -0.176. The minimum absolute atomic E-state index is 0.0595. The van der Waals surface area contributed by atoms with Gasteiger partial charge in [0.2, 0.25) is 5.91 Å². The molecule has 6 nitrogen and oxygen atoms in total. The Hall–Kier alpha value is -3.28. The molecule has 138 valence electrons. The van der Waals surface area contributed by atoms with Crippen molar-refractivity contribution in [3.05, 3.63) is 64.8 Å². The summed E-state index contributed by atoms with van der Waals surface area (Å²) in [6, 6.07) is 11.4. The van der Waals surface area contributed by atoms with Crippen LogP contribution >= 0.6 is 0 Å². The van der Waals surface area contributed by atoms with Gasteiger partial charge >= 0.3 is 0 Å². The van der Waals surface area contributed by atoms with Gasteiger partial charge in [-0.1, -0.05) is 23.8 Å². The van der Waals surface area contributed by atoms with Gasteiger partial charge in [-0.15, -0.1) is 0 Å². The van der Waals surface area contributed by atoms with Crippen molar-refractivity contribution in [2.45, 2.75) is 26.2 Å². The number of ether oxygens (including phenoxy) is 1. The number of anilines is 1. The van der Waals surface area contributed by atoms with Crippen LogP contribution < -0.4 is 10.1 Å². The van der Waals surface area contributed by atoms with Crippen molar-refractivity contribution in [1.29, 1.82) is 0 Å². The molecule has 0 spiro atoms. The number of amides is 1. The summed E-state index contributed by atoms with van der Waals surface area (Å²) in [5, 5.41) is 17.6. The molecule has 0 radical (unpaired) electrons. The number of rotatable bonds is 3. The van der Waals surface area contributed by atoms with E-state index in [4.69, 9.17) is 4.74 Å². The summed E-state index contributed by atoms with van der Waals surface area (Å²) >= 11 is 0. The van der Waals surface area contributed by atoms with Crippen molar-refractivity contribution in [2.75, 3.05) is 12.4 Å². The molecule has 3 aromatic rings. The van der Waals surface area contributed by atoms with Gasteiger partial charge in [0.25, 0.3) is 0 Å². The number of nitrogens with one attached hydrogen (secondary N) is 1. The van der Waals surface area contributed by atoms with Crippen molar-refractivity contribution in [3.8, 4) is 17.2 Å².